The molecule has 2 aromatic rings. The molecular weight excluding hydrogens is 326 g/mol. The van der Waals surface area contributed by atoms with Crippen LogP contribution in [0.1, 0.15) is 30.5 Å². The highest BCUT2D eigenvalue weighted by Gasteiger charge is 2.15. The Labute approximate surface area is 155 Å². The zero-order valence-corrected chi connectivity index (χ0v) is 15.8. The van der Waals surface area contributed by atoms with Crippen LogP contribution in [0.2, 0.25) is 0 Å². The predicted molar refractivity (Wildman–Crippen MR) is 106 cm³/mol. The molecule has 0 aliphatic rings. The van der Waals surface area contributed by atoms with Gasteiger partial charge < -0.3 is 16.0 Å². The highest BCUT2D eigenvalue weighted by Crippen LogP contribution is 2.19. The average Bonchev–Trinajstić information content (AvgIpc) is 2.63. The molecule has 5 nitrogen and oxygen atoms in total. The Morgan fingerprint density at radius 2 is 1.65 bits per heavy atom. The molecule has 0 spiro atoms. The van der Waals surface area contributed by atoms with Gasteiger partial charge in [0.15, 0.2) is 0 Å². The van der Waals surface area contributed by atoms with Gasteiger partial charge in [0.25, 0.3) is 0 Å². The van der Waals surface area contributed by atoms with Crippen LogP contribution in [0.25, 0.3) is 0 Å². The van der Waals surface area contributed by atoms with Crippen molar-refractivity contribution in [3.8, 4) is 0 Å². The first kappa shape index (κ1) is 19.5. The van der Waals surface area contributed by atoms with Gasteiger partial charge in [-0.05, 0) is 49.9 Å². The van der Waals surface area contributed by atoms with Crippen LogP contribution >= 0.6 is 0 Å². The number of hydrogen-bond donors (Lipinski definition) is 3. The molecule has 0 aliphatic carbocycles. The minimum atomic E-state index is -0.435. The second-order valence-corrected chi connectivity index (χ2v) is 6.41. The number of carbonyl (C=O) groups excluding carboxylic acids is 2. The van der Waals surface area contributed by atoms with Gasteiger partial charge in [-0.2, -0.15) is 0 Å². The topological polar surface area (TPSA) is 70.2 Å². The molecule has 2 rings (SSSR count). The van der Waals surface area contributed by atoms with Crippen LogP contribution in [0.5, 0.6) is 0 Å². The Kier molecular flexibility index (Phi) is 6.78. The number of nitrogens with one attached hydrogen (secondary N) is 3. The van der Waals surface area contributed by atoms with Gasteiger partial charge in [-0.15, -0.1) is 0 Å². The third-order valence-corrected chi connectivity index (χ3v) is 4.33. The lowest BCUT2D eigenvalue weighted by atomic mass is 10.1. The quantitative estimate of drug-likeness (QED) is 0.714. The van der Waals surface area contributed by atoms with Crippen molar-refractivity contribution >= 4 is 23.2 Å². The number of para-hydroxylation sites is 2. The van der Waals surface area contributed by atoms with Crippen molar-refractivity contribution in [3.05, 3.63) is 59.2 Å². The van der Waals surface area contributed by atoms with Crippen molar-refractivity contribution in [2.75, 3.05) is 17.2 Å². The van der Waals surface area contributed by atoms with Gasteiger partial charge in [0.05, 0.1) is 6.54 Å². The van der Waals surface area contributed by atoms with Crippen molar-refractivity contribution < 1.29 is 9.59 Å². The van der Waals surface area contributed by atoms with Gasteiger partial charge in [-0.25, -0.2) is 0 Å². The summed E-state index contributed by atoms with van der Waals surface area (Å²) in [6.07, 6.45) is 0.885. The molecule has 5 heteroatoms. The molecule has 0 fully saturated rings. The van der Waals surface area contributed by atoms with Crippen LogP contribution in [-0.2, 0) is 16.0 Å². The maximum absolute atomic E-state index is 12.3. The van der Waals surface area contributed by atoms with Gasteiger partial charge in [-0.3, -0.25) is 9.59 Å². The summed E-state index contributed by atoms with van der Waals surface area (Å²) in [7, 11) is 0. The monoisotopic (exact) mass is 353 g/mol. The largest absolute Gasteiger partial charge is 0.374 e. The fourth-order valence-corrected chi connectivity index (χ4v) is 2.78. The summed E-state index contributed by atoms with van der Waals surface area (Å²) in [6.45, 7) is 7.68. The fraction of sp³-hybridized carbons (Fsp3) is 0.333. The van der Waals surface area contributed by atoms with E-state index in [9.17, 15) is 9.59 Å². The molecule has 1 atom stereocenters. The second kappa shape index (κ2) is 9.04. The lowest BCUT2D eigenvalue weighted by molar-refractivity contribution is -0.124. The van der Waals surface area contributed by atoms with Crippen molar-refractivity contribution in [1.82, 2.24) is 5.32 Å². The third-order valence-electron chi connectivity index (χ3n) is 4.33. The van der Waals surface area contributed by atoms with Gasteiger partial charge in [0, 0.05) is 11.4 Å². The highest BCUT2D eigenvalue weighted by molar-refractivity contribution is 5.96. The van der Waals surface area contributed by atoms with Crippen molar-refractivity contribution in [2.24, 2.45) is 0 Å². The first-order valence-electron chi connectivity index (χ1n) is 8.90. The molecule has 0 unspecified atom stereocenters. The molecule has 0 aromatic heterocycles. The number of rotatable bonds is 7. The highest BCUT2D eigenvalue weighted by atomic mass is 16.2. The molecule has 138 valence electrons. The number of anilines is 2. The van der Waals surface area contributed by atoms with Gasteiger partial charge in [-0.1, -0.05) is 43.3 Å². The van der Waals surface area contributed by atoms with E-state index in [4.69, 9.17) is 0 Å². The van der Waals surface area contributed by atoms with E-state index in [1.54, 1.807) is 6.92 Å². The Morgan fingerprint density at radius 3 is 2.31 bits per heavy atom. The second-order valence-electron chi connectivity index (χ2n) is 6.41. The Hall–Kier alpha value is -2.82. The van der Waals surface area contributed by atoms with Gasteiger partial charge >= 0.3 is 0 Å². The summed E-state index contributed by atoms with van der Waals surface area (Å²) in [4.78, 5) is 24.4. The molecule has 26 heavy (non-hydrogen) atoms. The molecule has 0 saturated heterocycles. The van der Waals surface area contributed by atoms with Crippen molar-refractivity contribution in [2.45, 2.75) is 40.2 Å². The third kappa shape index (κ3) is 5.09. The van der Waals surface area contributed by atoms with E-state index in [0.29, 0.717) is 0 Å². The van der Waals surface area contributed by atoms with Crippen molar-refractivity contribution in [3.63, 3.8) is 0 Å². The first-order valence-corrected chi connectivity index (χ1v) is 8.90. The zero-order chi connectivity index (χ0) is 19.1. The molecule has 0 heterocycles. The van der Waals surface area contributed by atoms with Crippen LogP contribution in [0.3, 0.4) is 0 Å². The van der Waals surface area contributed by atoms with E-state index >= 15 is 0 Å². The van der Waals surface area contributed by atoms with Crippen LogP contribution < -0.4 is 16.0 Å². The molecule has 3 N–H and O–H groups in total. The van der Waals surface area contributed by atoms with E-state index in [1.165, 1.54) is 0 Å². The molecule has 0 aliphatic heterocycles. The van der Waals surface area contributed by atoms with Crippen LogP contribution in [0.15, 0.2) is 42.5 Å². The molecular formula is C21H27N3O2. The standard InChI is InChI=1S/C21H27N3O2/c1-5-17-11-6-7-12-18(17)23-16(4)21(26)22-13-19(25)24-20-14(2)9-8-10-15(20)3/h6-12,16,23H,5,13H2,1-4H3,(H,22,26)(H,24,25)/t16-/m1/s1. The normalized spacial score (nSPS) is 11.5. The first-order chi connectivity index (χ1) is 12.4. The lowest BCUT2D eigenvalue weighted by Crippen LogP contribution is -2.41. The zero-order valence-electron chi connectivity index (χ0n) is 15.8. The van der Waals surface area contributed by atoms with Crippen LogP contribution in [0, 0.1) is 13.8 Å². The molecule has 2 amide bonds. The van der Waals surface area contributed by atoms with E-state index in [2.05, 4.69) is 22.9 Å². The summed E-state index contributed by atoms with van der Waals surface area (Å²) in [5.74, 6) is -0.454. The van der Waals surface area contributed by atoms with Crippen molar-refractivity contribution in [1.29, 1.82) is 0 Å². The maximum Gasteiger partial charge on any atom is 0.243 e. The summed E-state index contributed by atoms with van der Waals surface area (Å²) < 4.78 is 0. The summed E-state index contributed by atoms with van der Waals surface area (Å²) in [5, 5.41) is 8.76. The number of carbonyl (C=O) groups is 2. The predicted octanol–water partition coefficient (Wildman–Crippen LogP) is 3.42. The number of hydrogen-bond acceptors (Lipinski definition) is 3. The fourth-order valence-electron chi connectivity index (χ4n) is 2.78. The number of aryl methyl sites for hydroxylation is 3. The minimum Gasteiger partial charge on any atom is -0.374 e. The Morgan fingerprint density at radius 1 is 1.00 bits per heavy atom. The molecule has 2 aromatic carbocycles. The van der Waals surface area contributed by atoms with Gasteiger partial charge in [0.1, 0.15) is 6.04 Å². The van der Waals surface area contributed by atoms with Gasteiger partial charge in [0.2, 0.25) is 11.8 Å². The molecule has 0 saturated carbocycles. The SMILES string of the molecule is CCc1ccccc1N[C@H](C)C(=O)NCC(=O)Nc1c(C)cccc1C. The van der Waals surface area contributed by atoms with E-state index < -0.39 is 6.04 Å². The maximum atomic E-state index is 12.3. The number of benzene rings is 2. The Bertz CT molecular complexity index is 766. The average molecular weight is 353 g/mol. The molecule has 0 bridgehead atoms. The Balaban J connectivity index is 1.88. The van der Waals surface area contributed by atoms with E-state index in [1.807, 2.05) is 56.3 Å². The summed E-state index contributed by atoms with van der Waals surface area (Å²) >= 11 is 0. The van der Waals surface area contributed by atoms with E-state index in [-0.39, 0.29) is 18.4 Å². The van der Waals surface area contributed by atoms with Crippen LogP contribution in [-0.4, -0.2) is 24.4 Å². The summed E-state index contributed by atoms with van der Waals surface area (Å²) in [6, 6.07) is 13.3. The van der Waals surface area contributed by atoms with E-state index in [0.717, 1.165) is 34.5 Å². The number of amides is 2. The summed E-state index contributed by atoms with van der Waals surface area (Å²) in [5.41, 5.74) is 4.89. The lowest BCUT2D eigenvalue weighted by Gasteiger charge is -2.18. The molecule has 0 radical (unpaired) electrons. The van der Waals surface area contributed by atoms with Crippen LogP contribution in [0.4, 0.5) is 11.4 Å². The smallest absolute Gasteiger partial charge is 0.243 e. The minimum absolute atomic E-state index is 0.0615.